The molecule has 3 rings (SSSR count). The molecule has 3 aromatic rings. The lowest BCUT2D eigenvalue weighted by Crippen LogP contribution is -2.13. The number of sulfonamides is 1. The Labute approximate surface area is 130 Å². The van der Waals surface area contributed by atoms with Gasteiger partial charge in [0.25, 0.3) is 10.0 Å². The van der Waals surface area contributed by atoms with E-state index in [-0.39, 0.29) is 4.90 Å². The van der Waals surface area contributed by atoms with Crippen molar-refractivity contribution >= 4 is 48.6 Å². The zero-order valence-corrected chi connectivity index (χ0v) is 13.6. The molecule has 0 saturated heterocycles. The van der Waals surface area contributed by atoms with E-state index in [2.05, 4.69) is 9.71 Å². The number of aromatic nitrogens is 1. The van der Waals surface area contributed by atoms with Crippen LogP contribution in [0.5, 0.6) is 0 Å². The van der Waals surface area contributed by atoms with Crippen LogP contribution in [0.15, 0.2) is 34.7 Å². The Balaban J connectivity index is 1.96. The van der Waals surface area contributed by atoms with Gasteiger partial charge in [-0.25, -0.2) is 13.4 Å². The fraction of sp³-hybridized carbons (Fsp3) is 0.154. The van der Waals surface area contributed by atoms with E-state index in [4.69, 9.17) is 5.73 Å². The fourth-order valence-electron chi connectivity index (χ4n) is 2.02. The van der Waals surface area contributed by atoms with Crippen LogP contribution in [-0.2, 0) is 16.6 Å². The first kappa shape index (κ1) is 14.5. The minimum absolute atomic E-state index is 0.289. The maximum absolute atomic E-state index is 12.5. The van der Waals surface area contributed by atoms with Gasteiger partial charge in [0, 0.05) is 16.3 Å². The second-order valence-corrected chi connectivity index (χ2v) is 8.36. The molecular formula is C13H13N3O2S3. The third-order valence-electron chi connectivity index (χ3n) is 3.00. The Bertz CT molecular complexity index is 896. The minimum Gasteiger partial charge on any atom is -0.326 e. The number of thiazole rings is 1. The quantitative estimate of drug-likeness (QED) is 0.765. The molecule has 5 nitrogen and oxygen atoms in total. The van der Waals surface area contributed by atoms with Crippen LogP contribution in [0.2, 0.25) is 0 Å². The summed E-state index contributed by atoms with van der Waals surface area (Å²) in [7, 11) is -3.60. The predicted octanol–water partition coefficient (Wildman–Crippen LogP) is 2.93. The summed E-state index contributed by atoms with van der Waals surface area (Å²) in [5.74, 6) is 0. The van der Waals surface area contributed by atoms with E-state index in [0.717, 1.165) is 20.0 Å². The number of nitrogens with zero attached hydrogens (tertiary/aromatic N) is 1. The van der Waals surface area contributed by atoms with Gasteiger partial charge in [-0.15, -0.1) is 22.7 Å². The second-order valence-electron chi connectivity index (χ2n) is 4.48. The van der Waals surface area contributed by atoms with Crippen LogP contribution in [0.1, 0.15) is 9.75 Å². The molecule has 0 bridgehead atoms. The van der Waals surface area contributed by atoms with Crippen LogP contribution in [0, 0.1) is 6.92 Å². The Kier molecular flexibility index (Phi) is 3.70. The van der Waals surface area contributed by atoms with Crippen molar-refractivity contribution in [2.45, 2.75) is 18.4 Å². The molecular weight excluding hydrogens is 326 g/mol. The van der Waals surface area contributed by atoms with Crippen molar-refractivity contribution in [2.75, 3.05) is 4.72 Å². The highest BCUT2D eigenvalue weighted by atomic mass is 32.2. The lowest BCUT2D eigenvalue weighted by molar-refractivity contribution is 0.601. The van der Waals surface area contributed by atoms with E-state index in [1.54, 1.807) is 36.7 Å². The molecule has 0 aliphatic rings. The van der Waals surface area contributed by atoms with Crippen molar-refractivity contribution in [3.8, 4) is 0 Å². The number of nitrogens with one attached hydrogen (secondary N) is 1. The number of fused-ring (bicyclic) bond motifs is 1. The van der Waals surface area contributed by atoms with Gasteiger partial charge in [0.15, 0.2) is 0 Å². The average molecular weight is 339 g/mol. The first-order valence-electron chi connectivity index (χ1n) is 6.15. The molecule has 110 valence electrons. The van der Waals surface area contributed by atoms with Crippen LogP contribution >= 0.6 is 22.7 Å². The number of anilines is 1. The zero-order chi connectivity index (χ0) is 15.0. The highest BCUT2D eigenvalue weighted by molar-refractivity contribution is 7.93. The van der Waals surface area contributed by atoms with Gasteiger partial charge < -0.3 is 5.73 Å². The number of nitrogens with two attached hydrogens (primary N) is 1. The van der Waals surface area contributed by atoms with Crippen molar-refractivity contribution in [1.82, 2.24) is 4.98 Å². The van der Waals surface area contributed by atoms with E-state index < -0.39 is 10.0 Å². The topological polar surface area (TPSA) is 85.1 Å². The lowest BCUT2D eigenvalue weighted by atomic mass is 10.3. The molecule has 0 spiro atoms. The summed E-state index contributed by atoms with van der Waals surface area (Å²) in [5.41, 5.74) is 8.70. The van der Waals surface area contributed by atoms with Crippen molar-refractivity contribution in [2.24, 2.45) is 5.73 Å². The SMILES string of the molecule is Cc1sc(CN)cc1S(=O)(=O)Nc1ccc2ncsc2c1. The third-order valence-corrected chi connectivity index (χ3v) is 6.50. The predicted molar refractivity (Wildman–Crippen MR) is 87.4 cm³/mol. The number of thiophene rings is 1. The molecule has 0 radical (unpaired) electrons. The standard InChI is InChI=1S/C13H13N3O2S3/c1-8-13(5-10(6-14)20-8)21(17,18)16-9-2-3-11-12(4-9)19-7-15-11/h2-5,7,16H,6,14H2,1H3. The lowest BCUT2D eigenvalue weighted by Gasteiger charge is -2.07. The summed E-state index contributed by atoms with van der Waals surface area (Å²) in [6, 6.07) is 6.93. The van der Waals surface area contributed by atoms with Gasteiger partial charge in [-0.3, -0.25) is 4.72 Å². The summed E-state index contributed by atoms with van der Waals surface area (Å²) < 4.78 is 28.5. The van der Waals surface area contributed by atoms with E-state index >= 15 is 0 Å². The number of hydrogen-bond acceptors (Lipinski definition) is 6. The molecule has 0 atom stereocenters. The summed E-state index contributed by atoms with van der Waals surface area (Å²) in [5, 5.41) is 0. The fourth-order valence-corrected chi connectivity index (χ4v) is 5.30. The molecule has 1 aromatic carbocycles. The molecule has 2 aromatic heterocycles. The highest BCUT2D eigenvalue weighted by Gasteiger charge is 2.20. The summed E-state index contributed by atoms with van der Waals surface area (Å²) >= 11 is 2.88. The molecule has 2 heterocycles. The van der Waals surface area contributed by atoms with E-state index in [1.807, 2.05) is 0 Å². The smallest absolute Gasteiger partial charge is 0.263 e. The van der Waals surface area contributed by atoms with Gasteiger partial charge in [-0.05, 0) is 31.2 Å². The van der Waals surface area contributed by atoms with Crippen LogP contribution in [-0.4, -0.2) is 13.4 Å². The minimum atomic E-state index is -3.60. The molecule has 0 aliphatic carbocycles. The van der Waals surface area contributed by atoms with Crippen molar-refractivity contribution in [1.29, 1.82) is 0 Å². The van der Waals surface area contributed by atoms with Crippen LogP contribution < -0.4 is 10.5 Å². The van der Waals surface area contributed by atoms with Crippen molar-refractivity contribution in [3.63, 3.8) is 0 Å². The molecule has 0 unspecified atom stereocenters. The highest BCUT2D eigenvalue weighted by Crippen LogP contribution is 2.28. The molecule has 0 saturated carbocycles. The van der Waals surface area contributed by atoms with Gasteiger partial charge in [-0.2, -0.15) is 0 Å². The summed E-state index contributed by atoms with van der Waals surface area (Å²) in [6.07, 6.45) is 0. The van der Waals surface area contributed by atoms with Gasteiger partial charge >= 0.3 is 0 Å². The first-order chi connectivity index (χ1) is 9.99. The first-order valence-corrected chi connectivity index (χ1v) is 9.33. The average Bonchev–Trinajstić information content (AvgIpc) is 3.04. The number of rotatable bonds is 4. The van der Waals surface area contributed by atoms with Gasteiger partial charge in [-0.1, -0.05) is 0 Å². The van der Waals surface area contributed by atoms with Crippen LogP contribution in [0.25, 0.3) is 10.2 Å². The van der Waals surface area contributed by atoms with Gasteiger partial charge in [0.05, 0.1) is 21.4 Å². The maximum atomic E-state index is 12.5. The van der Waals surface area contributed by atoms with Crippen LogP contribution in [0.3, 0.4) is 0 Å². The number of aryl methyl sites for hydroxylation is 1. The third kappa shape index (κ3) is 2.80. The Hall–Kier alpha value is -1.48. The Morgan fingerprint density at radius 3 is 2.86 bits per heavy atom. The Morgan fingerprint density at radius 1 is 1.33 bits per heavy atom. The Morgan fingerprint density at radius 2 is 2.14 bits per heavy atom. The van der Waals surface area contributed by atoms with E-state index in [0.29, 0.717) is 12.2 Å². The molecule has 0 fully saturated rings. The second kappa shape index (κ2) is 5.38. The summed E-state index contributed by atoms with van der Waals surface area (Å²) in [4.78, 5) is 6.05. The van der Waals surface area contributed by atoms with Crippen molar-refractivity contribution < 1.29 is 8.42 Å². The normalized spacial score (nSPS) is 11.9. The maximum Gasteiger partial charge on any atom is 0.263 e. The van der Waals surface area contributed by atoms with Gasteiger partial charge in [0.2, 0.25) is 0 Å². The monoisotopic (exact) mass is 339 g/mol. The molecule has 0 amide bonds. The number of benzene rings is 1. The molecule has 0 aliphatic heterocycles. The molecule has 3 N–H and O–H groups in total. The van der Waals surface area contributed by atoms with E-state index in [9.17, 15) is 8.42 Å². The molecule has 21 heavy (non-hydrogen) atoms. The molecule has 8 heteroatoms. The summed E-state index contributed by atoms with van der Waals surface area (Å²) in [6.45, 7) is 2.12. The number of hydrogen-bond donors (Lipinski definition) is 2. The van der Waals surface area contributed by atoms with Crippen molar-refractivity contribution in [3.05, 3.63) is 39.5 Å². The van der Waals surface area contributed by atoms with E-state index in [1.165, 1.54) is 22.7 Å². The van der Waals surface area contributed by atoms with Gasteiger partial charge in [0.1, 0.15) is 4.90 Å². The zero-order valence-electron chi connectivity index (χ0n) is 11.2. The van der Waals surface area contributed by atoms with Crippen LogP contribution in [0.4, 0.5) is 5.69 Å². The largest absolute Gasteiger partial charge is 0.326 e.